The van der Waals surface area contributed by atoms with E-state index >= 15 is 0 Å². The number of aliphatic hydroxyl groups excluding tert-OH is 1. The predicted octanol–water partition coefficient (Wildman–Crippen LogP) is 1.41. The van der Waals surface area contributed by atoms with Gasteiger partial charge >= 0.3 is 6.09 Å². The SMILES string of the molecule is CCCCC[C@@](C)(CO)OC(N)=O. The molecular formula is C9H19NO3. The van der Waals surface area contributed by atoms with Crippen molar-refractivity contribution >= 4 is 6.09 Å². The minimum absolute atomic E-state index is 0.181. The zero-order valence-electron chi connectivity index (χ0n) is 8.38. The first kappa shape index (κ1) is 12.2. The molecule has 0 unspecified atom stereocenters. The molecule has 0 rings (SSSR count). The maximum Gasteiger partial charge on any atom is 0.405 e. The van der Waals surface area contributed by atoms with E-state index in [2.05, 4.69) is 6.92 Å². The van der Waals surface area contributed by atoms with E-state index in [1.807, 2.05) is 0 Å². The van der Waals surface area contributed by atoms with Crippen molar-refractivity contribution in [3.8, 4) is 0 Å². The molecule has 13 heavy (non-hydrogen) atoms. The quantitative estimate of drug-likeness (QED) is 0.620. The van der Waals surface area contributed by atoms with E-state index < -0.39 is 11.7 Å². The van der Waals surface area contributed by atoms with Gasteiger partial charge < -0.3 is 15.6 Å². The zero-order chi connectivity index (χ0) is 10.3. The van der Waals surface area contributed by atoms with E-state index in [9.17, 15) is 4.79 Å². The van der Waals surface area contributed by atoms with Crippen LogP contribution in [0.3, 0.4) is 0 Å². The largest absolute Gasteiger partial charge is 0.441 e. The van der Waals surface area contributed by atoms with Crippen LogP contribution < -0.4 is 5.73 Å². The molecule has 0 saturated carbocycles. The minimum Gasteiger partial charge on any atom is -0.441 e. The van der Waals surface area contributed by atoms with Crippen molar-refractivity contribution in [3.05, 3.63) is 0 Å². The smallest absolute Gasteiger partial charge is 0.405 e. The number of hydrogen-bond donors (Lipinski definition) is 2. The first-order valence-electron chi connectivity index (χ1n) is 4.63. The summed E-state index contributed by atoms with van der Waals surface area (Å²) in [6.07, 6.45) is 2.92. The molecule has 0 aromatic heterocycles. The molecule has 0 bridgehead atoms. The van der Waals surface area contributed by atoms with E-state index in [0.717, 1.165) is 19.3 Å². The van der Waals surface area contributed by atoms with Gasteiger partial charge in [0.1, 0.15) is 5.60 Å². The van der Waals surface area contributed by atoms with Crippen molar-refractivity contribution in [2.24, 2.45) is 5.73 Å². The van der Waals surface area contributed by atoms with E-state index in [-0.39, 0.29) is 6.61 Å². The molecule has 4 nitrogen and oxygen atoms in total. The fourth-order valence-electron chi connectivity index (χ4n) is 1.15. The Hall–Kier alpha value is -0.770. The number of aliphatic hydroxyl groups is 1. The highest BCUT2D eigenvalue weighted by Crippen LogP contribution is 2.18. The Morgan fingerprint density at radius 3 is 2.54 bits per heavy atom. The maximum absolute atomic E-state index is 10.5. The zero-order valence-corrected chi connectivity index (χ0v) is 8.38. The van der Waals surface area contributed by atoms with E-state index in [0.29, 0.717) is 6.42 Å². The number of nitrogens with two attached hydrogens (primary N) is 1. The number of rotatable bonds is 6. The molecule has 0 fully saturated rings. The number of unbranched alkanes of at least 4 members (excludes halogenated alkanes) is 2. The number of carbonyl (C=O) groups is 1. The van der Waals surface area contributed by atoms with Crippen LogP contribution >= 0.6 is 0 Å². The summed E-state index contributed by atoms with van der Waals surface area (Å²) in [7, 11) is 0. The molecule has 0 aliphatic heterocycles. The van der Waals surface area contributed by atoms with Gasteiger partial charge in [-0.25, -0.2) is 4.79 Å². The molecule has 1 amide bonds. The van der Waals surface area contributed by atoms with Crippen LogP contribution in [0.4, 0.5) is 4.79 Å². The Balaban J connectivity index is 3.88. The standard InChI is InChI=1S/C9H19NO3/c1-3-4-5-6-9(2,7-11)13-8(10)12/h11H,3-7H2,1-2H3,(H2,10,12)/t9-/m0/s1. The van der Waals surface area contributed by atoms with Gasteiger partial charge in [0.25, 0.3) is 0 Å². The monoisotopic (exact) mass is 189 g/mol. The second kappa shape index (κ2) is 5.80. The fourth-order valence-corrected chi connectivity index (χ4v) is 1.15. The summed E-state index contributed by atoms with van der Waals surface area (Å²) in [6, 6.07) is 0. The number of carbonyl (C=O) groups excluding carboxylic acids is 1. The van der Waals surface area contributed by atoms with Crippen LogP contribution in [0.25, 0.3) is 0 Å². The Bertz CT molecular complexity index is 161. The van der Waals surface area contributed by atoms with Gasteiger partial charge in [-0.2, -0.15) is 0 Å². The van der Waals surface area contributed by atoms with Crippen LogP contribution in [-0.2, 0) is 4.74 Å². The first-order chi connectivity index (χ1) is 6.04. The normalized spacial score (nSPS) is 15.0. The highest BCUT2D eigenvalue weighted by atomic mass is 16.6. The molecule has 0 aromatic carbocycles. The highest BCUT2D eigenvalue weighted by molar-refractivity contribution is 5.65. The van der Waals surface area contributed by atoms with E-state index in [1.165, 1.54) is 0 Å². The van der Waals surface area contributed by atoms with Crippen LogP contribution in [-0.4, -0.2) is 23.4 Å². The van der Waals surface area contributed by atoms with Gasteiger partial charge in [0.15, 0.2) is 0 Å². The Labute approximate surface area is 79.1 Å². The van der Waals surface area contributed by atoms with Crippen LogP contribution in [0.5, 0.6) is 0 Å². The number of hydrogen-bond acceptors (Lipinski definition) is 3. The Morgan fingerprint density at radius 2 is 2.15 bits per heavy atom. The highest BCUT2D eigenvalue weighted by Gasteiger charge is 2.26. The van der Waals surface area contributed by atoms with Crippen molar-refractivity contribution in [1.29, 1.82) is 0 Å². The second-order valence-corrected chi connectivity index (χ2v) is 3.49. The van der Waals surface area contributed by atoms with Crippen molar-refractivity contribution in [2.45, 2.75) is 45.1 Å². The third kappa shape index (κ3) is 5.47. The van der Waals surface area contributed by atoms with Crippen molar-refractivity contribution in [1.82, 2.24) is 0 Å². The predicted molar refractivity (Wildman–Crippen MR) is 50.3 cm³/mol. The molecule has 3 N–H and O–H groups in total. The molecule has 4 heteroatoms. The minimum atomic E-state index is -0.826. The number of ether oxygens (including phenoxy) is 1. The van der Waals surface area contributed by atoms with E-state index in [1.54, 1.807) is 6.92 Å². The third-order valence-corrected chi connectivity index (χ3v) is 1.99. The first-order valence-corrected chi connectivity index (χ1v) is 4.63. The molecule has 0 aromatic rings. The van der Waals surface area contributed by atoms with Gasteiger partial charge in [0.05, 0.1) is 6.61 Å². The summed E-state index contributed by atoms with van der Waals surface area (Å²) in [4.78, 5) is 10.5. The number of primary amides is 1. The van der Waals surface area contributed by atoms with Gasteiger partial charge in [0, 0.05) is 0 Å². The van der Waals surface area contributed by atoms with Gasteiger partial charge in [0.2, 0.25) is 0 Å². The van der Waals surface area contributed by atoms with Gasteiger partial charge in [-0.3, -0.25) is 0 Å². The molecule has 1 atom stereocenters. The molecule has 0 aliphatic carbocycles. The van der Waals surface area contributed by atoms with Crippen molar-refractivity contribution < 1.29 is 14.6 Å². The summed E-state index contributed by atoms with van der Waals surface area (Å²) >= 11 is 0. The third-order valence-electron chi connectivity index (χ3n) is 1.99. The second-order valence-electron chi connectivity index (χ2n) is 3.49. The van der Waals surface area contributed by atoms with Gasteiger partial charge in [-0.05, 0) is 19.8 Å². The molecule has 0 aliphatic rings. The lowest BCUT2D eigenvalue weighted by Crippen LogP contribution is -2.37. The number of amides is 1. The lowest BCUT2D eigenvalue weighted by Gasteiger charge is -2.26. The topological polar surface area (TPSA) is 72.6 Å². The summed E-state index contributed by atoms with van der Waals surface area (Å²) < 4.78 is 4.82. The Morgan fingerprint density at radius 1 is 1.54 bits per heavy atom. The molecule has 0 spiro atoms. The summed E-state index contributed by atoms with van der Waals surface area (Å²) in [5.41, 5.74) is 4.08. The fraction of sp³-hybridized carbons (Fsp3) is 0.889. The van der Waals surface area contributed by atoms with Crippen LogP contribution in [0, 0.1) is 0 Å². The van der Waals surface area contributed by atoms with Crippen molar-refractivity contribution in [3.63, 3.8) is 0 Å². The summed E-state index contributed by atoms with van der Waals surface area (Å²) in [5.74, 6) is 0. The van der Waals surface area contributed by atoms with Gasteiger partial charge in [-0.15, -0.1) is 0 Å². The molecule has 0 saturated heterocycles. The lowest BCUT2D eigenvalue weighted by atomic mass is 9.99. The average Bonchev–Trinajstić information content (AvgIpc) is 2.04. The Kier molecular flexibility index (Phi) is 5.46. The molecule has 0 radical (unpaired) electrons. The molecule has 78 valence electrons. The average molecular weight is 189 g/mol. The van der Waals surface area contributed by atoms with Crippen LogP contribution in [0.2, 0.25) is 0 Å². The van der Waals surface area contributed by atoms with Gasteiger partial charge in [-0.1, -0.05) is 19.8 Å². The van der Waals surface area contributed by atoms with Crippen LogP contribution in [0.15, 0.2) is 0 Å². The molecule has 0 heterocycles. The summed E-state index contributed by atoms with van der Waals surface area (Å²) in [6.45, 7) is 3.60. The maximum atomic E-state index is 10.5. The lowest BCUT2D eigenvalue weighted by molar-refractivity contribution is -0.0199. The summed E-state index contributed by atoms with van der Waals surface area (Å²) in [5, 5.41) is 9.00. The molecular weight excluding hydrogens is 170 g/mol. The van der Waals surface area contributed by atoms with Crippen molar-refractivity contribution in [2.75, 3.05) is 6.61 Å². The van der Waals surface area contributed by atoms with Crippen LogP contribution in [0.1, 0.15) is 39.5 Å². The van der Waals surface area contributed by atoms with E-state index in [4.69, 9.17) is 15.6 Å².